The third-order valence-electron chi connectivity index (χ3n) is 6.46. The number of hydrogen-bond acceptors (Lipinski definition) is 6. The van der Waals surface area contributed by atoms with E-state index in [1.165, 1.54) is 30.3 Å². The van der Waals surface area contributed by atoms with Crippen molar-refractivity contribution in [2.75, 3.05) is 13.1 Å². The van der Waals surface area contributed by atoms with Gasteiger partial charge in [0.2, 0.25) is 0 Å². The number of ether oxygens (including phenoxy) is 1. The minimum atomic E-state index is -3.11. The van der Waals surface area contributed by atoms with Gasteiger partial charge in [-0.05, 0) is 24.1 Å². The predicted molar refractivity (Wildman–Crippen MR) is 135 cm³/mol. The van der Waals surface area contributed by atoms with Crippen LogP contribution in [0.1, 0.15) is 38.6 Å². The van der Waals surface area contributed by atoms with E-state index in [-0.39, 0.29) is 23.4 Å². The monoisotopic (exact) mass is 540 g/mol. The second kappa shape index (κ2) is 10.7. The van der Waals surface area contributed by atoms with Gasteiger partial charge in [-0.15, -0.1) is 5.10 Å². The van der Waals surface area contributed by atoms with E-state index in [0.29, 0.717) is 41.1 Å². The molecule has 5 rings (SSSR count). The molecule has 38 heavy (non-hydrogen) atoms. The largest absolute Gasteiger partial charge is 0.414 e. The van der Waals surface area contributed by atoms with Crippen molar-refractivity contribution in [2.24, 2.45) is 7.05 Å². The number of piperidine rings is 1. The summed E-state index contributed by atoms with van der Waals surface area (Å²) in [7, 11) is 1.51. The Morgan fingerprint density at radius 2 is 1.92 bits per heavy atom. The Morgan fingerprint density at radius 1 is 1.16 bits per heavy atom. The molecule has 1 saturated heterocycles. The molecule has 196 valence electrons. The quantitative estimate of drug-likeness (QED) is 0.396. The lowest BCUT2D eigenvalue weighted by Crippen LogP contribution is -2.51. The van der Waals surface area contributed by atoms with Gasteiger partial charge in [-0.25, -0.2) is 0 Å². The molecule has 0 unspecified atom stereocenters. The van der Waals surface area contributed by atoms with Crippen molar-refractivity contribution in [1.29, 1.82) is 0 Å². The Bertz CT molecular complexity index is 1480. The molecular formula is C26H23ClF2N6O3. The van der Waals surface area contributed by atoms with Crippen LogP contribution in [0.25, 0.3) is 11.0 Å². The number of aryl methyl sites for hydroxylation is 1. The van der Waals surface area contributed by atoms with Crippen LogP contribution in [0.15, 0.2) is 61.1 Å². The molecule has 0 aliphatic carbocycles. The summed E-state index contributed by atoms with van der Waals surface area (Å²) in [5.41, 5.74) is 2.25. The van der Waals surface area contributed by atoms with E-state index < -0.39 is 18.4 Å². The van der Waals surface area contributed by atoms with Crippen LogP contribution in [0.3, 0.4) is 0 Å². The molecule has 0 saturated carbocycles. The Labute approximate surface area is 221 Å². The van der Waals surface area contributed by atoms with Crippen molar-refractivity contribution in [2.45, 2.75) is 25.0 Å². The van der Waals surface area contributed by atoms with Crippen LogP contribution in [0, 0.1) is 0 Å². The molecule has 4 aromatic rings. The topological polar surface area (TPSA) is 102 Å². The van der Waals surface area contributed by atoms with E-state index in [2.05, 4.69) is 25.1 Å². The lowest BCUT2D eigenvalue weighted by molar-refractivity contribution is -0.0534. The van der Waals surface area contributed by atoms with Crippen LogP contribution in [0.4, 0.5) is 8.78 Å². The third kappa shape index (κ3) is 5.28. The van der Waals surface area contributed by atoms with E-state index in [1.807, 2.05) is 30.3 Å². The number of carbonyl (C=O) groups is 2. The lowest BCUT2D eigenvalue weighted by Gasteiger charge is -2.39. The van der Waals surface area contributed by atoms with E-state index in [4.69, 9.17) is 11.6 Å². The van der Waals surface area contributed by atoms with Gasteiger partial charge in [-0.1, -0.05) is 41.9 Å². The summed E-state index contributed by atoms with van der Waals surface area (Å²) in [6.07, 6.45) is 4.83. The lowest BCUT2D eigenvalue weighted by atomic mass is 9.85. The van der Waals surface area contributed by atoms with Crippen LogP contribution in [0.2, 0.25) is 5.02 Å². The average molecular weight is 541 g/mol. The molecule has 2 atom stereocenters. The fourth-order valence-corrected chi connectivity index (χ4v) is 4.99. The van der Waals surface area contributed by atoms with Gasteiger partial charge in [-0.3, -0.25) is 24.2 Å². The zero-order valence-corrected chi connectivity index (χ0v) is 21.0. The maximum Gasteiger partial charge on any atom is 0.388 e. The van der Waals surface area contributed by atoms with Gasteiger partial charge >= 0.3 is 6.61 Å². The first-order valence-corrected chi connectivity index (χ1v) is 12.2. The summed E-state index contributed by atoms with van der Waals surface area (Å²) in [5, 5.41) is 7.10. The molecular weight excluding hydrogens is 518 g/mol. The summed E-state index contributed by atoms with van der Waals surface area (Å²) in [5.74, 6) is -1.51. The summed E-state index contributed by atoms with van der Waals surface area (Å²) in [6, 6.07) is 12.4. The highest BCUT2D eigenvalue weighted by Gasteiger charge is 2.35. The number of alkyl halides is 2. The van der Waals surface area contributed by atoms with Crippen LogP contribution in [-0.2, 0) is 7.05 Å². The van der Waals surface area contributed by atoms with Gasteiger partial charge < -0.3 is 15.0 Å². The molecule has 1 aliphatic rings. The summed E-state index contributed by atoms with van der Waals surface area (Å²) >= 11 is 6.37. The number of likely N-dealkylation sites (tertiary alicyclic amines) is 1. The molecule has 3 heterocycles. The van der Waals surface area contributed by atoms with Crippen LogP contribution >= 0.6 is 11.6 Å². The minimum absolute atomic E-state index is 0.0926. The van der Waals surface area contributed by atoms with Gasteiger partial charge in [0.1, 0.15) is 11.1 Å². The normalized spacial score (nSPS) is 17.6. The van der Waals surface area contributed by atoms with Crippen molar-refractivity contribution >= 4 is 34.4 Å². The van der Waals surface area contributed by atoms with Gasteiger partial charge in [0.05, 0.1) is 10.5 Å². The van der Waals surface area contributed by atoms with Crippen molar-refractivity contribution < 1.29 is 23.1 Å². The third-order valence-corrected chi connectivity index (χ3v) is 6.75. The van der Waals surface area contributed by atoms with Gasteiger partial charge in [0.15, 0.2) is 0 Å². The molecule has 2 aromatic carbocycles. The number of aromatic nitrogens is 4. The second-order valence-electron chi connectivity index (χ2n) is 8.92. The first-order valence-electron chi connectivity index (χ1n) is 11.8. The highest BCUT2D eigenvalue weighted by Crippen LogP contribution is 2.30. The molecule has 1 aliphatic heterocycles. The Balaban J connectivity index is 1.39. The smallest absolute Gasteiger partial charge is 0.388 e. The first kappa shape index (κ1) is 25.5. The summed E-state index contributed by atoms with van der Waals surface area (Å²) in [6.45, 7) is -2.44. The number of nitrogens with one attached hydrogen (secondary N) is 1. The van der Waals surface area contributed by atoms with Crippen molar-refractivity contribution in [3.8, 4) is 5.88 Å². The standard InChI is InChI=1S/C26H23ClF2N6O3/c1-34-13-18(24(33-34)38-26(28)29)23(36)32-20-7-10-35(14-17(20)15-5-3-2-4-6-15)25(37)16-11-19(27)22-21(12-16)30-8-9-31-22/h2-6,8-9,11-13,17,20,26H,7,10,14H2,1H3,(H,32,36)/t17-,20-/m1/s1. The molecule has 0 radical (unpaired) electrons. The molecule has 2 amide bonds. The zero-order chi connectivity index (χ0) is 26.8. The first-order chi connectivity index (χ1) is 18.3. The fraction of sp³-hybridized carbons (Fsp3) is 0.269. The number of amides is 2. The molecule has 0 bridgehead atoms. The number of rotatable bonds is 6. The summed E-state index contributed by atoms with van der Waals surface area (Å²) in [4.78, 5) is 36.8. The fourth-order valence-electron chi connectivity index (χ4n) is 4.73. The number of carbonyl (C=O) groups excluding carboxylic acids is 2. The average Bonchev–Trinajstić information content (AvgIpc) is 3.28. The Hall–Kier alpha value is -4.12. The Kier molecular flexibility index (Phi) is 7.19. The van der Waals surface area contributed by atoms with E-state index in [1.54, 1.807) is 17.0 Å². The number of hydrogen-bond donors (Lipinski definition) is 1. The number of fused-ring (bicyclic) bond motifs is 1. The van der Waals surface area contributed by atoms with E-state index in [0.717, 1.165) is 5.56 Å². The van der Waals surface area contributed by atoms with Crippen LogP contribution in [0.5, 0.6) is 5.88 Å². The SMILES string of the molecule is Cn1cc(C(=O)N[C@@H]2CCN(C(=O)c3cc(Cl)c4nccnc4c3)C[C@@H]2c2ccccc2)c(OC(F)F)n1. The second-order valence-corrected chi connectivity index (χ2v) is 9.33. The molecule has 1 N–H and O–H groups in total. The van der Waals surface area contributed by atoms with Crippen molar-refractivity contribution in [3.05, 3.63) is 82.8 Å². The van der Waals surface area contributed by atoms with E-state index in [9.17, 15) is 18.4 Å². The molecule has 12 heteroatoms. The predicted octanol–water partition coefficient (Wildman–Crippen LogP) is 4.05. The zero-order valence-electron chi connectivity index (χ0n) is 20.2. The Morgan fingerprint density at radius 3 is 2.68 bits per heavy atom. The molecule has 2 aromatic heterocycles. The maximum absolute atomic E-state index is 13.5. The highest BCUT2D eigenvalue weighted by atomic mass is 35.5. The number of nitrogens with zero attached hydrogens (tertiary/aromatic N) is 5. The number of halogens is 3. The highest BCUT2D eigenvalue weighted by molar-refractivity contribution is 6.35. The van der Waals surface area contributed by atoms with Crippen molar-refractivity contribution in [3.63, 3.8) is 0 Å². The van der Waals surface area contributed by atoms with Gasteiger partial charge in [0, 0.05) is 56.3 Å². The number of benzene rings is 2. The molecule has 0 spiro atoms. The van der Waals surface area contributed by atoms with Crippen molar-refractivity contribution in [1.82, 2.24) is 30.0 Å². The van der Waals surface area contributed by atoms with Crippen LogP contribution < -0.4 is 10.1 Å². The maximum atomic E-state index is 13.5. The van der Waals surface area contributed by atoms with E-state index >= 15 is 0 Å². The molecule has 9 nitrogen and oxygen atoms in total. The van der Waals surface area contributed by atoms with Crippen LogP contribution in [-0.4, -0.2) is 62.2 Å². The van der Waals surface area contributed by atoms with Gasteiger partial charge in [-0.2, -0.15) is 8.78 Å². The minimum Gasteiger partial charge on any atom is -0.414 e. The van der Waals surface area contributed by atoms with Gasteiger partial charge in [0.25, 0.3) is 17.7 Å². The molecule has 1 fully saturated rings. The summed E-state index contributed by atoms with van der Waals surface area (Å²) < 4.78 is 31.3.